The maximum Gasteiger partial charge on any atom is 0.339 e. The Morgan fingerprint density at radius 1 is 1.43 bits per heavy atom. The monoisotopic (exact) mass is 334 g/mol. The topological polar surface area (TPSA) is 67.8 Å². The third-order valence-electron chi connectivity index (χ3n) is 3.92. The number of ether oxygens (including phenoxy) is 1. The van der Waals surface area contributed by atoms with Crippen molar-refractivity contribution >= 4 is 29.3 Å². The van der Waals surface area contributed by atoms with E-state index in [0.29, 0.717) is 17.0 Å². The van der Waals surface area contributed by atoms with E-state index in [1.807, 2.05) is 13.8 Å². The van der Waals surface area contributed by atoms with Crippen LogP contribution >= 0.6 is 11.6 Å². The minimum atomic E-state index is -0.850. The molecule has 0 saturated carbocycles. The average molecular weight is 335 g/mol. The van der Waals surface area contributed by atoms with Gasteiger partial charge in [-0.1, -0.05) is 50.2 Å². The fraction of sp³-hybridized carbons (Fsp3) is 0.353. The highest BCUT2D eigenvalue weighted by Gasteiger charge is 2.42. The summed E-state index contributed by atoms with van der Waals surface area (Å²) >= 11 is 5.62. The number of rotatable bonds is 5. The summed E-state index contributed by atoms with van der Waals surface area (Å²) in [6, 6.07) is 6.83. The first-order chi connectivity index (χ1) is 10.8. The van der Waals surface area contributed by atoms with Crippen LogP contribution in [0.5, 0.6) is 0 Å². The van der Waals surface area contributed by atoms with Crippen LogP contribution in [0.1, 0.15) is 36.7 Å². The Morgan fingerprint density at radius 3 is 2.65 bits per heavy atom. The van der Waals surface area contributed by atoms with Gasteiger partial charge in [0.2, 0.25) is 0 Å². The number of aliphatic imine (C=N–C) groups is 1. The minimum Gasteiger partial charge on any atom is -0.456 e. The highest BCUT2D eigenvalue weighted by Crippen LogP contribution is 2.27. The summed E-state index contributed by atoms with van der Waals surface area (Å²) in [7, 11) is 0. The van der Waals surface area contributed by atoms with Crippen molar-refractivity contribution in [2.24, 2.45) is 10.9 Å². The first kappa shape index (κ1) is 17.2. The van der Waals surface area contributed by atoms with Crippen LogP contribution in [0.15, 0.2) is 40.9 Å². The molecule has 6 heteroatoms. The zero-order chi connectivity index (χ0) is 17.2. The Labute approximate surface area is 140 Å². The van der Waals surface area contributed by atoms with Gasteiger partial charge < -0.3 is 10.1 Å². The van der Waals surface area contributed by atoms with Crippen molar-refractivity contribution in [2.75, 3.05) is 6.61 Å². The molecule has 0 aliphatic carbocycles. The molecule has 1 N–H and O–H groups in total. The Kier molecular flexibility index (Phi) is 4.90. The summed E-state index contributed by atoms with van der Waals surface area (Å²) in [6.07, 6.45) is 0. The van der Waals surface area contributed by atoms with Gasteiger partial charge in [0, 0.05) is 10.6 Å². The van der Waals surface area contributed by atoms with Gasteiger partial charge in [0.15, 0.2) is 0 Å². The number of carbonyl (C=O) groups excluding carboxylic acids is 2. The predicted molar refractivity (Wildman–Crippen MR) is 89.6 cm³/mol. The van der Waals surface area contributed by atoms with Crippen molar-refractivity contribution in [2.45, 2.75) is 26.3 Å². The molecule has 1 unspecified atom stereocenters. The van der Waals surface area contributed by atoms with Crippen LogP contribution in [0, 0.1) is 5.92 Å². The van der Waals surface area contributed by atoms with Gasteiger partial charge in [-0.2, -0.15) is 0 Å². The summed E-state index contributed by atoms with van der Waals surface area (Å²) in [5.74, 6) is -0.320. The maximum absolute atomic E-state index is 12.2. The molecule has 0 saturated heterocycles. The standard InChI is InChI=1S/C17H19ClN2O3/c1-10(2)17(4)16(22)19-14(20-17)12-7-5-6-8-13(12)15(21)23-9-11(3)18/h5-8,10H,3,9H2,1-2,4H3,(H,19,20,22). The van der Waals surface area contributed by atoms with E-state index in [0.717, 1.165) is 0 Å². The summed E-state index contributed by atoms with van der Waals surface area (Å²) in [5, 5.41) is 2.99. The molecule has 1 aliphatic heterocycles. The van der Waals surface area contributed by atoms with E-state index in [9.17, 15) is 9.59 Å². The van der Waals surface area contributed by atoms with E-state index in [1.54, 1.807) is 31.2 Å². The van der Waals surface area contributed by atoms with Crippen LogP contribution in [-0.2, 0) is 9.53 Å². The van der Waals surface area contributed by atoms with Crippen molar-refractivity contribution in [1.29, 1.82) is 0 Å². The van der Waals surface area contributed by atoms with Crippen LogP contribution in [0.2, 0.25) is 0 Å². The van der Waals surface area contributed by atoms with Crippen LogP contribution in [0.25, 0.3) is 0 Å². The van der Waals surface area contributed by atoms with Crippen molar-refractivity contribution in [3.63, 3.8) is 0 Å². The largest absolute Gasteiger partial charge is 0.456 e. The lowest BCUT2D eigenvalue weighted by atomic mass is 9.89. The number of hydrogen-bond donors (Lipinski definition) is 1. The zero-order valence-corrected chi connectivity index (χ0v) is 14.1. The summed E-state index contributed by atoms with van der Waals surface area (Å²) in [5.41, 5.74) is -0.00979. The summed E-state index contributed by atoms with van der Waals surface area (Å²) in [6.45, 7) is 9.04. The van der Waals surface area contributed by atoms with E-state index >= 15 is 0 Å². The van der Waals surface area contributed by atoms with Crippen molar-refractivity contribution in [3.8, 4) is 0 Å². The van der Waals surface area contributed by atoms with Gasteiger partial charge >= 0.3 is 5.97 Å². The lowest BCUT2D eigenvalue weighted by molar-refractivity contribution is -0.124. The highest BCUT2D eigenvalue weighted by molar-refractivity contribution is 6.29. The van der Waals surface area contributed by atoms with Crippen molar-refractivity contribution in [1.82, 2.24) is 5.32 Å². The molecule has 0 bridgehead atoms. The molecule has 0 spiro atoms. The van der Waals surface area contributed by atoms with E-state index in [4.69, 9.17) is 16.3 Å². The SMILES string of the molecule is C=C(Cl)COC(=O)c1ccccc1C1=NC(C)(C(C)C)C(=O)N1. The predicted octanol–water partition coefficient (Wildman–Crippen LogP) is 2.89. The Bertz CT molecular complexity index is 697. The second-order valence-corrected chi connectivity index (χ2v) is 6.39. The van der Waals surface area contributed by atoms with Gasteiger partial charge in [0.1, 0.15) is 18.0 Å². The number of benzene rings is 1. The molecular weight excluding hydrogens is 316 g/mol. The van der Waals surface area contributed by atoms with Crippen molar-refractivity contribution in [3.05, 3.63) is 47.0 Å². The molecule has 1 heterocycles. The zero-order valence-electron chi connectivity index (χ0n) is 13.4. The van der Waals surface area contributed by atoms with E-state index in [2.05, 4.69) is 16.9 Å². The second kappa shape index (κ2) is 6.54. The molecule has 0 aromatic heterocycles. The number of amides is 1. The van der Waals surface area contributed by atoms with E-state index in [1.165, 1.54) is 0 Å². The first-order valence-electron chi connectivity index (χ1n) is 7.27. The molecule has 0 fully saturated rings. The number of carbonyl (C=O) groups is 2. The van der Waals surface area contributed by atoms with Crippen LogP contribution in [0.4, 0.5) is 0 Å². The lowest BCUT2D eigenvalue weighted by Gasteiger charge is -2.21. The number of halogens is 1. The molecule has 1 amide bonds. The van der Waals surface area contributed by atoms with Gasteiger partial charge in [-0.3, -0.25) is 9.79 Å². The molecule has 1 aromatic rings. The molecule has 0 radical (unpaired) electrons. The van der Waals surface area contributed by atoms with E-state index < -0.39 is 11.5 Å². The fourth-order valence-electron chi connectivity index (χ4n) is 2.15. The van der Waals surface area contributed by atoms with Gasteiger partial charge in [-0.25, -0.2) is 4.79 Å². The lowest BCUT2D eigenvalue weighted by Crippen LogP contribution is -2.41. The number of nitrogens with zero attached hydrogens (tertiary/aromatic N) is 1. The van der Waals surface area contributed by atoms with Crippen LogP contribution in [-0.4, -0.2) is 29.9 Å². The molecule has 1 aromatic carbocycles. The minimum absolute atomic E-state index is 0.0266. The van der Waals surface area contributed by atoms with Crippen LogP contribution < -0.4 is 5.32 Å². The van der Waals surface area contributed by atoms with Gasteiger partial charge in [-0.05, 0) is 18.9 Å². The Balaban J connectivity index is 2.37. The fourth-order valence-corrected chi connectivity index (χ4v) is 2.21. The van der Waals surface area contributed by atoms with Gasteiger partial charge in [-0.15, -0.1) is 0 Å². The normalized spacial score (nSPS) is 20.2. The smallest absolute Gasteiger partial charge is 0.339 e. The molecule has 1 atom stereocenters. The quantitative estimate of drug-likeness (QED) is 0.842. The molecule has 1 aliphatic rings. The van der Waals surface area contributed by atoms with Gasteiger partial charge in [0.25, 0.3) is 5.91 Å². The summed E-state index contributed by atoms with van der Waals surface area (Å²) in [4.78, 5) is 29.0. The average Bonchev–Trinajstić information content (AvgIpc) is 2.81. The third kappa shape index (κ3) is 3.45. The van der Waals surface area contributed by atoms with Gasteiger partial charge in [0.05, 0.1) is 5.56 Å². The van der Waals surface area contributed by atoms with Crippen LogP contribution in [0.3, 0.4) is 0 Å². The number of hydrogen-bond acceptors (Lipinski definition) is 4. The second-order valence-electron chi connectivity index (χ2n) is 5.86. The molecule has 2 rings (SSSR count). The first-order valence-corrected chi connectivity index (χ1v) is 7.64. The van der Waals surface area contributed by atoms with Crippen molar-refractivity contribution < 1.29 is 14.3 Å². The summed E-state index contributed by atoms with van der Waals surface area (Å²) < 4.78 is 5.08. The number of amidine groups is 1. The molecule has 5 nitrogen and oxygen atoms in total. The number of esters is 1. The molecular formula is C17H19ClN2O3. The number of nitrogens with one attached hydrogen (secondary N) is 1. The molecule has 23 heavy (non-hydrogen) atoms. The highest BCUT2D eigenvalue weighted by atomic mass is 35.5. The third-order valence-corrected chi connectivity index (χ3v) is 4.03. The maximum atomic E-state index is 12.2. The Hall–Kier alpha value is -2.14. The van der Waals surface area contributed by atoms with E-state index in [-0.39, 0.29) is 23.5 Å². The Morgan fingerprint density at radius 2 is 2.09 bits per heavy atom. The molecule has 122 valence electrons.